The summed E-state index contributed by atoms with van der Waals surface area (Å²) >= 11 is 1.48. The number of ether oxygens (including phenoxy) is 2. The Kier molecular flexibility index (Phi) is 7.17. The zero-order valence-electron chi connectivity index (χ0n) is 17.9. The van der Waals surface area contributed by atoms with Crippen molar-refractivity contribution in [2.45, 2.75) is 37.8 Å². The number of hydrogen-bond donors (Lipinski definition) is 2. The third kappa shape index (κ3) is 4.66. The van der Waals surface area contributed by atoms with Crippen LogP contribution in [0, 0.1) is 0 Å². The van der Waals surface area contributed by atoms with Gasteiger partial charge < -0.3 is 19.8 Å². The minimum atomic E-state index is -0.693. The molecule has 3 rings (SSSR count). The van der Waals surface area contributed by atoms with Gasteiger partial charge in [-0.1, -0.05) is 37.2 Å². The first-order valence-corrected chi connectivity index (χ1v) is 10.9. The minimum absolute atomic E-state index is 0.319. The normalized spacial score (nSPS) is 15.2. The van der Waals surface area contributed by atoms with Crippen LogP contribution in [0.25, 0.3) is 0 Å². The summed E-state index contributed by atoms with van der Waals surface area (Å²) in [6.07, 6.45) is 2.06. The summed E-state index contributed by atoms with van der Waals surface area (Å²) in [7, 11) is 2.60. The molecule has 1 aliphatic rings. The topological polar surface area (TPSA) is 110 Å². The van der Waals surface area contributed by atoms with Crippen molar-refractivity contribution < 1.29 is 19.1 Å². The van der Waals surface area contributed by atoms with Crippen molar-refractivity contribution in [1.82, 2.24) is 9.97 Å². The Labute approximate surface area is 184 Å². The first kappa shape index (κ1) is 22.6. The molecule has 0 saturated heterocycles. The van der Waals surface area contributed by atoms with Crippen molar-refractivity contribution in [2.24, 2.45) is 0 Å². The Morgan fingerprint density at radius 3 is 2.42 bits per heavy atom. The zero-order valence-corrected chi connectivity index (χ0v) is 18.7. The number of H-pyrrole nitrogens is 1. The molecular weight excluding hydrogens is 418 g/mol. The number of benzene rings is 1. The lowest BCUT2D eigenvalue weighted by molar-refractivity contribution is -0.136. The van der Waals surface area contributed by atoms with Gasteiger partial charge in [0.15, 0.2) is 5.16 Å². The number of carbonyl (C=O) groups excluding carboxylic acids is 2. The van der Waals surface area contributed by atoms with E-state index in [1.807, 2.05) is 0 Å². The molecule has 0 radical (unpaired) electrons. The van der Waals surface area contributed by atoms with Gasteiger partial charge in [0.1, 0.15) is 5.82 Å². The lowest BCUT2D eigenvalue weighted by Gasteiger charge is -2.28. The molecule has 0 amide bonds. The number of aromatic nitrogens is 2. The van der Waals surface area contributed by atoms with E-state index in [1.54, 1.807) is 31.2 Å². The van der Waals surface area contributed by atoms with E-state index in [0.717, 1.165) is 18.6 Å². The van der Waals surface area contributed by atoms with Crippen LogP contribution in [-0.2, 0) is 14.3 Å². The van der Waals surface area contributed by atoms with Gasteiger partial charge in [-0.3, -0.25) is 4.79 Å². The lowest BCUT2D eigenvalue weighted by atomic mass is 9.82. The van der Waals surface area contributed by atoms with Gasteiger partial charge in [0.2, 0.25) is 0 Å². The van der Waals surface area contributed by atoms with E-state index in [-0.39, 0.29) is 5.56 Å². The Morgan fingerprint density at radius 1 is 1.13 bits per heavy atom. The summed E-state index contributed by atoms with van der Waals surface area (Å²) in [6.45, 7) is 3.85. The summed E-state index contributed by atoms with van der Waals surface area (Å²) in [5, 5.41) is 3.62. The van der Waals surface area contributed by atoms with Crippen molar-refractivity contribution >= 4 is 29.5 Å². The molecular formula is C22H25N3O5S. The van der Waals surface area contributed by atoms with Gasteiger partial charge in [-0.25, -0.2) is 14.6 Å². The third-order valence-electron chi connectivity index (χ3n) is 5.03. The molecule has 2 N–H and O–H groups in total. The van der Waals surface area contributed by atoms with Crippen LogP contribution in [0.5, 0.6) is 0 Å². The predicted molar refractivity (Wildman–Crippen MR) is 118 cm³/mol. The number of anilines is 1. The van der Waals surface area contributed by atoms with Crippen LogP contribution in [0.15, 0.2) is 45.5 Å². The van der Waals surface area contributed by atoms with Crippen LogP contribution in [-0.4, -0.2) is 41.9 Å². The van der Waals surface area contributed by atoms with Gasteiger partial charge in [0.25, 0.3) is 5.56 Å². The fraction of sp³-hybridized carbons (Fsp3) is 0.364. The Balaban J connectivity index is 2.12. The van der Waals surface area contributed by atoms with Crippen LogP contribution in [0.4, 0.5) is 5.82 Å². The molecule has 2 heterocycles. The van der Waals surface area contributed by atoms with Crippen LogP contribution < -0.4 is 10.9 Å². The maximum atomic E-state index is 13.1. The van der Waals surface area contributed by atoms with Crippen molar-refractivity contribution in [2.75, 3.05) is 25.3 Å². The number of thioether (sulfide) groups is 1. The lowest BCUT2D eigenvalue weighted by Crippen LogP contribution is -2.31. The molecule has 1 aliphatic heterocycles. The van der Waals surface area contributed by atoms with Gasteiger partial charge in [0, 0.05) is 11.4 Å². The van der Waals surface area contributed by atoms with E-state index in [1.165, 1.54) is 26.0 Å². The number of allylic oxidation sites excluding steroid dienone is 1. The van der Waals surface area contributed by atoms with Gasteiger partial charge in [-0.05, 0) is 31.0 Å². The van der Waals surface area contributed by atoms with Gasteiger partial charge in [-0.2, -0.15) is 0 Å². The fourth-order valence-electron chi connectivity index (χ4n) is 3.46. The van der Waals surface area contributed by atoms with E-state index >= 15 is 0 Å². The number of rotatable bonds is 7. The van der Waals surface area contributed by atoms with Crippen LogP contribution >= 0.6 is 11.8 Å². The van der Waals surface area contributed by atoms with Gasteiger partial charge in [-0.15, -0.1) is 0 Å². The second kappa shape index (κ2) is 9.82. The van der Waals surface area contributed by atoms with Crippen molar-refractivity contribution in [3.63, 3.8) is 0 Å². The Hall–Kier alpha value is -3.07. The molecule has 1 atom stereocenters. The van der Waals surface area contributed by atoms with Crippen LogP contribution in [0.1, 0.15) is 54.1 Å². The SMILES string of the molecule is CCCCSc1nc2c(c(=O)[nH]1)C(c1ccc(C(=O)OC)cc1)C(C(=O)OC)=C(C)N2. The van der Waals surface area contributed by atoms with Gasteiger partial charge >= 0.3 is 11.9 Å². The first-order valence-electron chi connectivity index (χ1n) is 9.92. The number of unbranched alkanes of at least 4 members (excludes halogenated alkanes) is 1. The largest absolute Gasteiger partial charge is 0.466 e. The highest BCUT2D eigenvalue weighted by molar-refractivity contribution is 7.99. The average Bonchev–Trinajstić information content (AvgIpc) is 2.77. The maximum Gasteiger partial charge on any atom is 0.337 e. The second-order valence-electron chi connectivity index (χ2n) is 7.04. The zero-order chi connectivity index (χ0) is 22.5. The van der Waals surface area contributed by atoms with E-state index < -0.39 is 17.9 Å². The predicted octanol–water partition coefficient (Wildman–Crippen LogP) is 3.45. The number of hydrogen-bond acceptors (Lipinski definition) is 8. The summed E-state index contributed by atoms with van der Waals surface area (Å²) in [5.41, 5.74) is 1.91. The second-order valence-corrected chi connectivity index (χ2v) is 8.12. The molecule has 31 heavy (non-hydrogen) atoms. The quantitative estimate of drug-likeness (QED) is 0.290. The van der Waals surface area contributed by atoms with E-state index in [4.69, 9.17) is 9.47 Å². The molecule has 1 aromatic heterocycles. The van der Waals surface area contributed by atoms with Crippen LogP contribution in [0.3, 0.4) is 0 Å². The molecule has 0 fully saturated rings. The highest BCUT2D eigenvalue weighted by Crippen LogP contribution is 2.40. The number of esters is 2. The minimum Gasteiger partial charge on any atom is -0.466 e. The molecule has 0 aliphatic carbocycles. The molecule has 9 heteroatoms. The summed E-state index contributed by atoms with van der Waals surface area (Å²) < 4.78 is 9.73. The van der Waals surface area contributed by atoms with Crippen molar-refractivity contribution in [1.29, 1.82) is 0 Å². The molecule has 1 aromatic carbocycles. The summed E-state index contributed by atoms with van der Waals surface area (Å²) in [5.74, 6) is -0.445. The fourth-order valence-corrected chi connectivity index (χ4v) is 4.40. The number of carbonyl (C=O) groups is 2. The highest BCUT2D eigenvalue weighted by Gasteiger charge is 2.36. The summed E-state index contributed by atoms with van der Waals surface area (Å²) in [6, 6.07) is 6.60. The maximum absolute atomic E-state index is 13.1. The number of nitrogens with one attached hydrogen (secondary N) is 2. The number of aromatic amines is 1. The van der Waals surface area contributed by atoms with E-state index in [0.29, 0.717) is 38.9 Å². The molecule has 164 valence electrons. The molecule has 1 unspecified atom stereocenters. The monoisotopic (exact) mass is 443 g/mol. The molecule has 0 spiro atoms. The van der Waals surface area contributed by atoms with E-state index in [9.17, 15) is 14.4 Å². The van der Waals surface area contributed by atoms with Crippen LogP contribution in [0.2, 0.25) is 0 Å². The van der Waals surface area contributed by atoms with Gasteiger partial charge in [0.05, 0.1) is 36.8 Å². The smallest absolute Gasteiger partial charge is 0.337 e. The first-order chi connectivity index (χ1) is 14.9. The molecule has 0 bridgehead atoms. The van der Waals surface area contributed by atoms with Crippen molar-refractivity contribution in [3.8, 4) is 0 Å². The molecule has 8 nitrogen and oxygen atoms in total. The summed E-state index contributed by atoms with van der Waals surface area (Å²) in [4.78, 5) is 44.9. The number of fused-ring (bicyclic) bond motifs is 1. The standard InChI is InChI=1S/C22H25N3O5S/c1-5-6-11-31-22-24-18-17(19(26)25-22)16(15(12(2)23-18)21(28)30-4)13-7-9-14(10-8-13)20(27)29-3/h7-10,16H,5-6,11H2,1-4H3,(H2,23,24,25,26). The Bertz CT molecular complexity index is 1080. The molecule has 2 aromatic rings. The number of methoxy groups -OCH3 is 2. The molecule has 0 saturated carbocycles. The highest BCUT2D eigenvalue weighted by atomic mass is 32.2. The average molecular weight is 444 g/mol. The van der Waals surface area contributed by atoms with Crippen molar-refractivity contribution in [3.05, 3.63) is 62.6 Å². The third-order valence-corrected chi connectivity index (χ3v) is 5.99. The number of nitrogens with zero attached hydrogens (tertiary/aromatic N) is 1. The van der Waals surface area contributed by atoms with E-state index in [2.05, 4.69) is 22.2 Å². The Morgan fingerprint density at radius 2 is 1.81 bits per heavy atom.